The first kappa shape index (κ1) is 19.9. The molecule has 0 aliphatic heterocycles. The number of carbonyl (C=O) groups excluding carboxylic acids is 1. The van der Waals surface area contributed by atoms with Gasteiger partial charge in [0.1, 0.15) is 11.6 Å². The van der Waals surface area contributed by atoms with Gasteiger partial charge in [0, 0.05) is 22.7 Å². The molecular formula is C18H17BrFN3O2S. The van der Waals surface area contributed by atoms with Crippen LogP contribution in [0.2, 0.25) is 0 Å². The number of ether oxygens (including phenoxy) is 1. The van der Waals surface area contributed by atoms with Gasteiger partial charge >= 0.3 is 0 Å². The molecule has 136 valence electrons. The van der Waals surface area contributed by atoms with Crippen LogP contribution in [-0.4, -0.2) is 18.1 Å². The summed E-state index contributed by atoms with van der Waals surface area (Å²) in [7, 11) is 1.56. The molecule has 0 fully saturated rings. The fourth-order valence-electron chi connectivity index (χ4n) is 1.99. The maximum absolute atomic E-state index is 12.8. The van der Waals surface area contributed by atoms with Crippen LogP contribution in [0.5, 0.6) is 5.75 Å². The van der Waals surface area contributed by atoms with Crippen LogP contribution < -0.4 is 20.9 Å². The summed E-state index contributed by atoms with van der Waals surface area (Å²) < 4.78 is 19.0. The van der Waals surface area contributed by atoms with E-state index in [1.807, 2.05) is 12.1 Å². The summed E-state index contributed by atoms with van der Waals surface area (Å²) in [6.07, 6.45) is 3.00. The molecule has 0 unspecified atom stereocenters. The van der Waals surface area contributed by atoms with E-state index >= 15 is 0 Å². The van der Waals surface area contributed by atoms with Gasteiger partial charge in [-0.25, -0.2) is 4.39 Å². The molecule has 1 amide bonds. The third kappa shape index (κ3) is 6.45. The van der Waals surface area contributed by atoms with Crippen molar-refractivity contribution in [3.63, 3.8) is 0 Å². The lowest BCUT2D eigenvalue weighted by Gasteiger charge is -2.10. The maximum atomic E-state index is 12.8. The number of carbonyl (C=O) groups is 1. The van der Waals surface area contributed by atoms with Crippen molar-refractivity contribution in [1.82, 2.24) is 16.2 Å². The minimum Gasteiger partial charge on any atom is -0.496 e. The molecule has 0 aromatic heterocycles. The first-order valence-electron chi connectivity index (χ1n) is 7.58. The normalized spacial score (nSPS) is 10.4. The lowest BCUT2D eigenvalue weighted by molar-refractivity contribution is -0.116. The van der Waals surface area contributed by atoms with E-state index in [4.69, 9.17) is 17.0 Å². The van der Waals surface area contributed by atoms with Crippen LogP contribution in [0.3, 0.4) is 0 Å². The minimum absolute atomic E-state index is 0.246. The lowest BCUT2D eigenvalue weighted by atomic mass is 10.2. The maximum Gasteiger partial charge on any atom is 0.262 e. The lowest BCUT2D eigenvalue weighted by Crippen LogP contribution is -2.45. The summed E-state index contributed by atoms with van der Waals surface area (Å²) in [6.45, 7) is 0.410. The van der Waals surface area contributed by atoms with Gasteiger partial charge in [-0.05, 0) is 54.2 Å². The molecule has 0 atom stereocenters. The van der Waals surface area contributed by atoms with Crippen molar-refractivity contribution in [2.45, 2.75) is 6.54 Å². The molecule has 5 nitrogen and oxygen atoms in total. The van der Waals surface area contributed by atoms with Crippen molar-refractivity contribution in [3.8, 4) is 5.75 Å². The zero-order valence-corrected chi connectivity index (χ0v) is 16.3. The number of hydrogen-bond acceptors (Lipinski definition) is 3. The smallest absolute Gasteiger partial charge is 0.262 e. The van der Waals surface area contributed by atoms with Gasteiger partial charge in [-0.15, -0.1) is 0 Å². The third-order valence-electron chi connectivity index (χ3n) is 3.27. The third-order valence-corrected chi connectivity index (χ3v) is 4.01. The fraction of sp³-hybridized carbons (Fsp3) is 0.111. The molecule has 2 aromatic carbocycles. The number of amides is 1. The average molecular weight is 438 g/mol. The Kier molecular flexibility index (Phi) is 7.55. The molecule has 0 spiro atoms. The molecule has 0 radical (unpaired) electrons. The highest BCUT2D eigenvalue weighted by molar-refractivity contribution is 9.10. The molecule has 3 N–H and O–H groups in total. The van der Waals surface area contributed by atoms with Crippen LogP contribution in [0.15, 0.2) is 53.0 Å². The first-order valence-corrected chi connectivity index (χ1v) is 8.78. The van der Waals surface area contributed by atoms with Crippen LogP contribution in [-0.2, 0) is 11.3 Å². The Balaban J connectivity index is 1.80. The molecule has 0 bridgehead atoms. The average Bonchev–Trinajstić information content (AvgIpc) is 2.64. The molecule has 2 aromatic rings. The first-order chi connectivity index (χ1) is 12.5. The van der Waals surface area contributed by atoms with Gasteiger partial charge < -0.3 is 10.1 Å². The van der Waals surface area contributed by atoms with E-state index < -0.39 is 0 Å². The number of hydrazine groups is 1. The Morgan fingerprint density at radius 1 is 1.23 bits per heavy atom. The highest BCUT2D eigenvalue weighted by Crippen LogP contribution is 2.23. The number of thiocarbonyl (C=S) groups is 1. The number of hydrogen-bond donors (Lipinski definition) is 3. The van der Waals surface area contributed by atoms with E-state index in [9.17, 15) is 9.18 Å². The summed E-state index contributed by atoms with van der Waals surface area (Å²) in [4.78, 5) is 11.9. The van der Waals surface area contributed by atoms with Gasteiger partial charge in [-0.2, -0.15) is 0 Å². The molecule has 0 heterocycles. The molecular weight excluding hydrogens is 421 g/mol. The fourth-order valence-corrected chi connectivity index (χ4v) is 2.49. The van der Waals surface area contributed by atoms with E-state index in [1.165, 1.54) is 18.2 Å². The summed E-state index contributed by atoms with van der Waals surface area (Å²) >= 11 is 8.44. The van der Waals surface area contributed by atoms with Crippen LogP contribution >= 0.6 is 28.1 Å². The van der Waals surface area contributed by atoms with E-state index in [2.05, 4.69) is 32.1 Å². The van der Waals surface area contributed by atoms with Gasteiger partial charge in [0.2, 0.25) is 0 Å². The van der Waals surface area contributed by atoms with Crippen molar-refractivity contribution < 1.29 is 13.9 Å². The summed E-state index contributed by atoms with van der Waals surface area (Å²) in [5, 5.41) is 3.15. The zero-order chi connectivity index (χ0) is 18.9. The van der Waals surface area contributed by atoms with Crippen molar-refractivity contribution in [3.05, 3.63) is 70.0 Å². The van der Waals surface area contributed by atoms with Gasteiger partial charge in [0.15, 0.2) is 5.11 Å². The van der Waals surface area contributed by atoms with Crippen molar-refractivity contribution >= 4 is 45.2 Å². The van der Waals surface area contributed by atoms with Gasteiger partial charge in [-0.3, -0.25) is 15.6 Å². The summed E-state index contributed by atoms with van der Waals surface area (Å²) in [6, 6.07) is 11.5. The SMILES string of the molecule is COc1ccc(Br)cc1C=CC(=O)NNC(=S)NCc1ccc(F)cc1. The molecule has 0 aliphatic rings. The zero-order valence-electron chi connectivity index (χ0n) is 13.9. The summed E-state index contributed by atoms with van der Waals surface area (Å²) in [5.41, 5.74) is 6.68. The van der Waals surface area contributed by atoms with Gasteiger partial charge in [-0.1, -0.05) is 28.1 Å². The quantitative estimate of drug-likeness (QED) is 0.380. The molecule has 2 rings (SSSR count). The van der Waals surface area contributed by atoms with Crippen LogP contribution in [0.1, 0.15) is 11.1 Å². The van der Waals surface area contributed by atoms with E-state index in [0.717, 1.165) is 15.6 Å². The van der Waals surface area contributed by atoms with E-state index in [-0.39, 0.29) is 16.8 Å². The van der Waals surface area contributed by atoms with Crippen LogP contribution in [0.25, 0.3) is 6.08 Å². The van der Waals surface area contributed by atoms with Crippen molar-refractivity contribution in [1.29, 1.82) is 0 Å². The predicted octanol–water partition coefficient (Wildman–Crippen LogP) is 3.31. The van der Waals surface area contributed by atoms with E-state index in [0.29, 0.717) is 12.3 Å². The topological polar surface area (TPSA) is 62.4 Å². The van der Waals surface area contributed by atoms with Gasteiger partial charge in [0.05, 0.1) is 7.11 Å². The highest BCUT2D eigenvalue weighted by Gasteiger charge is 2.02. The second kappa shape index (κ2) is 9.88. The van der Waals surface area contributed by atoms with Gasteiger partial charge in [0.25, 0.3) is 5.91 Å². The Labute approximate surface area is 164 Å². The molecule has 26 heavy (non-hydrogen) atoms. The number of halogens is 2. The Morgan fingerprint density at radius 2 is 1.96 bits per heavy atom. The Bertz CT molecular complexity index is 813. The number of rotatable bonds is 5. The number of methoxy groups -OCH3 is 1. The number of nitrogens with one attached hydrogen (secondary N) is 3. The van der Waals surface area contributed by atoms with Crippen molar-refractivity contribution in [2.24, 2.45) is 0 Å². The largest absolute Gasteiger partial charge is 0.496 e. The second-order valence-corrected chi connectivity index (χ2v) is 6.47. The summed E-state index contributed by atoms with van der Waals surface area (Å²) in [5.74, 6) is -0.0183. The van der Waals surface area contributed by atoms with Crippen LogP contribution in [0.4, 0.5) is 4.39 Å². The Hall–Kier alpha value is -2.45. The van der Waals surface area contributed by atoms with Crippen molar-refractivity contribution in [2.75, 3.05) is 7.11 Å². The molecule has 0 saturated heterocycles. The van der Waals surface area contributed by atoms with Crippen LogP contribution in [0, 0.1) is 5.82 Å². The standard InChI is InChI=1S/C18H17BrFN3O2S/c1-25-16-8-5-14(19)10-13(16)4-9-17(24)22-23-18(26)21-11-12-2-6-15(20)7-3-12/h2-10H,11H2,1H3,(H,22,24)(H2,21,23,26). The second-order valence-electron chi connectivity index (χ2n) is 5.14. The predicted molar refractivity (Wildman–Crippen MR) is 107 cm³/mol. The van der Waals surface area contributed by atoms with E-state index in [1.54, 1.807) is 31.4 Å². The molecule has 8 heteroatoms. The highest BCUT2D eigenvalue weighted by atomic mass is 79.9. The number of benzene rings is 2. The molecule has 0 aliphatic carbocycles. The molecule has 0 saturated carbocycles. The minimum atomic E-state index is -0.377. The monoisotopic (exact) mass is 437 g/mol. The Morgan fingerprint density at radius 3 is 2.65 bits per heavy atom.